The Balaban J connectivity index is 0.00000512. The maximum atomic E-state index is 11.5. The monoisotopic (exact) mass is 472 g/mol. The Kier molecular flexibility index (Phi) is 15.1. The number of rotatable bonds is 17. The molecule has 0 unspecified atom stereocenters. The fourth-order valence-corrected chi connectivity index (χ4v) is 5.08. The van der Waals surface area contributed by atoms with Crippen molar-refractivity contribution < 1.29 is 42.5 Å². The first-order valence-electron chi connectivity index (χ1n) is 12.4. The molecule has 0 bridgehead atoms. The zero-order chi connectivity index (χ0) is 22.5. The van der Waals surface area contributed by atoms with Gasteiger partial charge >= 0.3 is 29.6 Å². The first-order chi connectivity index (χ1) is 14.9. The van der Waals surface area contributed by atoms with Gasteiger partial charge in [-0.05, 0) is 18.6 Å². The summed E-state index contributed by atoms with van der Waals surface area (Å²) in [4.78, 5) is 4.37. The Morgan fingerprint density at radius 2 is 1.28 bits per heavy atom. The van der Waals surface area contributed by atoms with Crippen LogP contribution >= 0.6 is 0 Å². The van der Waals surface area contributed by atoms with Crippen molar-refractivity contribution in [2.45, 2.75) is 115 Å². The second kappa shape index (κ2) is 16.3. The summed E-state index contributed by atoms with van der Waals surface area (Å²) >= 11 is 0. The summed E-state index contributed by atoms with van der Waals surface area (Å²) in [6.45, 7) is 2.27. The molecule has 0 aliphatic heterocycles. The van der Waals surface area contributed by atoms with E-state index in [1.54, 1.807) is 23.7 Å². The van der Waals surface area contributed by atoms with Crippen molar-refractivity contribution >= 4 is 21.2 Å². The quantitative estimate of drug-likeness (QED) is 0.199. The van der Waals surface area contributed by atoms with Gasteiger partial charge in [0.2, 0.25) is 0 Å². The van der Waals surface area contributed by atoms with Gasteiger partial charge in [-0.3, -0.25) is 0 Å². The van der Waals surface area contributed by atoms with E-state index in [0.717, 1.165) is 25.1 Å². The van der Waals surface area contributed by atoms with Gasteiger partial charge < -0.3 is 9.12 Å². The topological polar surface area (TPSA) is 75.0 Å². The molecule has 0 radical (unpaired) electrons. The van der Waals surface area contributed by atoms with Crippen molar-refractivity contribution in [3.63, 3.8) is 0 Å². The van der Waals surface area contributed by atoms with Crippen molar-refractivity contribution in [2.75, 3.05) is 0 Å². The number of benzene rings is 1. The molecule has 32 heavy (non-hydrogen) atoms. The Labute approximate surface area is 217 Å². The maximum Gasteiger partial charge on any atom is 1.00 e. The van der Waals surface area contributed by atoms with Gasteiger partial charge in [-0.1, -0.05) is 103 Å². The maximum absolute atomic E-state index is 11.5. The third-order valence-corrected chi connectivity index (χ3v) is 7.09. The molecular formula is C25H41N2NaO3S. The molecule has 0 saturated heterocycles. The van der Waals surface area contributed by atoms with Gasteiger partial charge in [-0.25, -0.2) is 13.4 Å². The molecule has 1 heterocycles. The number of aryl methyl sites for hydroxylation is 2. The van der Waals surface area contributed by atoms with Crippen LogP contribution in [0.25, 0.3) is 11.0 Å². The second-order valence-corrected chi connectivity index (χ2v) is 10.2. The Bertz CT molecular complexity index is 881. The zero-order valence-electron chi connectivity index (χ0n) is 20.6. The van der Waals surface area contributed by atoms with Crippen molar-refractivity contribution in [3.05, 3.63) is 24.0 Å². The van der Waals surface area contributed by atoms with E-state index in [-0.39, 0.29) is 34.5 Å². The molecule has 7 heteroatoms. The Morgan fingerprint density at radius 1 is 0.812 bits per heavy atom. The van der Waals surface area contributed by atoms with Crippen LogP contribution in [-0.2, 0) is 23.6 Å². The SMILES string of the molecule is CCCCCCCCCCCCCCCCCc1nc2cccc(S(=O)(=O)[O-])c2n1C.[Na+]. The van der Waals surface area contributed by atoms with E-state index in [0.29, 0.717) is 11.0 Å². The van der Waals surface area contributed by atoms with E-state index >= 15 is 0 Å². The van der Waals surface area contributed by atoms with Crippen molar-refractivity contribution in [1.82, 2.24) is 9.55 Å². The molecular weight excluding hydrogens is 431 g/mol. The summed E-state index contributed by atoms with van der Waals surface area (Å²) in [5.74, 6) is 0.848. The summed E-state index contributed by atoms with van der Waals surface area (Å²) < 4.78 is 36.3. The number of para-hydroxylation sites is 1. The summed E-state index contributed by atoms with van der Waals surface area (Å²) in [5, 5.41) is 0. The summed E-state index contributed by atoms with van der Waals surface area (Å²) in [6, 6.07) is 4.71. The molecule has 0 spiro atoms. The number of hydrogen-bond acceptors (Lipinski definition) is 4. The minimum atomic E-state index is -4.50. The average molecular weight is 473 g/mol. The van der Waals surface area contributed by atoms with E-state index < -0.39 is 10.1 Å². The van der Waals surface area contributed by atoms with Crippen LogP contribution < -0.4 is 29.6 Å². The van der Waals surface area contributed by atoms with E-state index in [9.17, 15) is 13.0 Å². The third-order valence-electron chi connectivity index (χ3n) is 6.22. The molecule has 2 aromatic rings. The number of unbranched alkanes of at least 4 members (excludes halogenated alkanes) is 14. The van der Waals surface area contributed by atoms with Crippen LogP contribution in [0.5, 0.6) is 0 Å². The van der Waals surface area contributed by atoms with Gasteiger partial charge in [0.05, 0.1) is 15.9 Å². The van der Waals surface area contributed by atoms with Gasteiger partial charge in [-0.2, -0.15) is 0 Å². The molecule has 0 fully saturated rings. The fraction of sp³-hybridized carbons (Fsp3) is 0.720. The number of hydrogen-bond donors (Lipinski definition) is 0. The predicted molar refractivity (Wildman–Crippen MR) is 127 cm³/mol. The van der Waals surface area contributed by atoms with Gasteiger partial charge in [0.1, 0.15) is 15.9 Å². The van der Waals surface area contributed by atoms with E-state index in [1.165, 1.54) is 89.5 Å². The minimum Gasteiger partial charge on any atom is -0.744 e. The van der Waals surface area contributed by atoms with Crippen LogP contribution in [0.3, 0.4) is 0 Å². The number of aromatic nitrogens is 2. The molecule has 0 aliphatic carbocycles. The van der Waals surface area contributed by atoms with Gasteiger partial charge in [-0.15, -0.1) is 0 Å². The van der Waals surface area contributed by atoms with Crippen LogP contribution in [-0.4, -0.2) is 22.5 Å². The summed E-state index contributed by atoms with van der Waals surface area (Å²) in [7, 11) is -2.70. The fourth-order valence-electron chi connectivity index (χ4n) is 4.36. The van der Waals surface area contributed by atoms with Crippen molar-refractivity contribution in [1.29, 1.82) is 0 Å². The van der Waals surface area contributed by atoms with Crippen LogP contribution in [0.2, 0.25) is 0 Å². The summed E-state index contributed by atoms with van der Waals surface area (Å²) in [5.41, 5.74) is 1.00. The summed E-state index contributed by atoms with van der Waals surface area (Å²) in [6.07, 6.45) is 20.8. The Morgan fingerprint density at radius 3 is 1.75 bits per heavy atom. The number of fused-ring (bicyclic) bond motifs is 1. The van der Waals surface area contributed by atoms with E-state index in [1.807, 2.05) is 0 Å². The first-order valence-corrected chi connectivity index (χ1v) is 13.8. The molecule has 0 N–H and O–H groups in total. The van der Waals surface area contributed by atoms with Gasteiger partial charge in [0.15, 0.2) is 0 Å². The smallest absolute Gasteiger partial charge is 0.744 e. The van der Waals surface area contributed by atoms with Crippen LogP contribution in [0.4, 0.5) is 0 Å². The van der Waals surface area contributed by atoms with Crippen molar-refractivity contribution in [2.24, 2.45) is 7.05 Å². The first kappa shape index (κ1) is 29.6. The number of nitrogens with zero attached hydrogens (tertiary/aromatic N) is 2. The molecule has 0 saturated carbocycles. The number of imidazole rings is 1. The average Bonchev–Trinajstić information content (AvgIpc) is 3.06. The molecule has 0 atom stereocenters. The molecule has 0 amide bonds. The molecule has 2 rings (SSSR count). The van der Waals surface area contributed by atoms with Gasteiger partial charge in [0, 0.05) is 13.5 Å². The Hall–Kier alpha value is -0.400. The van der Waals surface area contributed by atoms with Gasteiger partial charge in [0.25, 0.3) is 0 Å². The largest absolute Gasteiger partial charge is 1.00 e. The second-order valence-electron chi connectivity index (χ2n) is 8.86. The molecule has 0 aliphatic rings. The van der Waals surface area contributed by atoms with Crippen molar-refractivity contribution in [3.8, 4) is 0 Å². The normalized spacial score (nSPS) is 11.7. The molecule has 1 aromatic heterocycles. The van der Waals surface area contributed by atoms with E-state index in [4.69, 9.17) is 0 Å². The predicted octanol–water partition coefficient (Wildman–Crippen LogP) is 3.90. The van der Waals surface area contributed by atoms with Crippen LogP contribution in [0.15, 0.2) is 23.1 Å². The molecule has 1 aromatic carbocycles. The van der Waals surface area contributed by atoms with E-state index in [2.05, 4.69) is 11.9 Å². The van der Waals surface area contributed by atoms with Crippen LogP contribution in [0, 0.1) is 0 Å². The van der Waals surface area contributed by atoms with Crippen LogP contribution in [0.1, 0.15) is 109 Å². The zero-order valence-corrected chi connectivity index (χ0v) is 23.4. The standard InChI is InChI=1S/C25H42N2O3S.Na/c1-3-4-5-6-7-8-9-10-11-12-13-14-15-16-17-21-24-26-22-19-18-20-23(31(28,29)30)25(22)27(24)2;/h18-20H,3-17,21H2,1-2H3,(H,28,29,30);/q;+1/p-1. The minimum absolute atomic E-state index is 0. The molecule has 5 nitrogen and oxygen atoms in total. The molecule has 176 valence electrons. The third kappa shape index (κ3) is 10.3.